The van der Waals surface area contributed by atoms with Crippen LogP contribution in [0, 0.1) is 0 Å². The number of unbranched alkanes of at least 4 members (excludes halogenated alkanes) is 40. The number of hydrogen-bond acceptors (Lipinski definition) is 7. The van der Waals surface area contributed by atoms with Gasteiger partial charge in [0.1, 0.15) is 13.2 Å². The van der Waals surface area contributed by atoms with Crippen LogP contribution in [-0.2, 0) is 33.3 Å². The van der Waals surface area contributed by atoms with Gasteiger partial charge in [-0.15, -0.1) is 0 Å². The van der Waals surface area contributed by atoms with E-state index < -0.39 is 18.4 Å². The summed E-state index contributed by atoms with van der Waals surface area (Å²) in [6.45, 7) is 4.81. The van der Waals surface area contributed by atoms with Gasteiger partial charge < -0.3 is 28.5 Å². The monoisotopic (exact) mass is 1190 g/mol. The molecule has 0 aliphatic heterocycles. The molecule has 0 heterocycles. The number of quaternary nitrogens is 1. The molecule has 85 heavy (non-hydrogen) atoms. The minimum absolute atomic E-state index is 0.179. The van der Waals surface area contributed by atoms with Gasteiger partial charge in [-0.3, -0.25) is 9.59 Å². The van der Waals surface area contributed by atoms with Crippen LogP contribution < -0.4 is 0 Å². The highest BCUT2D eigenvalue weighted by molar-refractivity contribution is 5.71. The number of carboxylic acid groups (broad SMARTS) is 1. The lowest BCUT2D eigenvalue weighted by atomic mass is 10.0. The van der Waals surface area contributed by atoms with E-state index in [9.17, 15) is 19.5 Å². The Labute approximate surface area is 526 Å². The Morgan fingerprint density at radius 3 is 1.01 bits per heavy atom. The number of carboxylic acids is 1. The number of likely N-dealkylation sites (N-methyl/N-ethyl adjacent to an activating group) is 1. The molecule has 2 atom stereocenters. The summed E-state index contributed by atoms with van der Waals surface area (Å²) in [4.78, 5) is 37.6. The van der Waals surface area contributed by atoms with E-state index in [-0.39, 0.29) is 38.2 Å². The molecule has 0 amide bonds. The summed E-state index contributed by atoms with van der Waals surface area (Å²) >= 11 is 0. The second kappa shape index (κ2) is 66.7. The standard InChI is InChI=1S/C76H137NO8/c1-6-8-10-12-14-16-18-20-22-24-26-28-30-31-32-33-34-35-36-37-38-39-40-41-42-43-45-47-49-51-53-55-57-59-61-63-65-67-74(79)85-72(71-84-76(75(80)81)82-69-68-77(3,4)5)70-83-73(78)66-64-62-60-58-56-54-52-50-48-46-44-29-27-25-23-21-19-17-15-13-11-9-7-2/h8,10,14,16,20,22,25-28,31-32,72,76H,6-7,9,11-13,15,17-19,21,23-24,29-30,33-71H2,1-5H3/p+1/b10-8-,16-14-,22-20-,27-25-,28-26-,32-31-. The van der Waals surface area contributed by atoms with Crippen LogP contribution in [0.3, 0.4) is 0 Å². The topological polar surface area (TPSA) is 108 Å². The van der Waals surface area contributed by atoms with E-state index in [0.717, 1.165) is 70.6 Å². The van der Waals surface area contributed by atoms with Crippen LogP contribution in [-0.4, -0.2) is 87.4 Å². The van der Waals surface area contributed by atoms with Crippen LogP contribution in [0.4, 0.5) is 0 Å². The van der Waals surface area contributed by atoms with Crippen molar-refractivity contribution in [3.8, 4) is 0 Å². The number of aliphatic carboxylic acids is 1. The van der Waals surface area contributed by atoms with E-state index in [1.807, 2.05) is 21.1 Å². The SMILES string of the molecule is CC/C=C\C/C=C\C/C=C\C/C=C\C/C=C\CCCCCCCCCCCCCCCCCCCCCCCC(=O)OC(COC(=O)CCCCCCCCCCCCC/C=C\CCCCCCCCCC)COC(OCC[N+](C)(C)C)C(=O)O. The van der Waals surface area contributed by atoms with Crippen molar-refractivity contribution >= 4 is 17.9 Å². The number of ether oxygens (including phenoxy) is 4. The maximum Gasteiger partial charge on any atom is 0.361 e. The third-order valence-electron chi connectivity index (χ3n) is 15.9. The van der Waals surface area contributed by atoms with Gasteiger partial charge >= 0.3 is 17.9 Å². The lowest BCUT2D eigenvalue weighted by Crippen LogP contribution is -2.40. The summed E-state index contributed by atoms with van der Waals surface area (Å²) < 4.78 is 23.0. The van der Waals surface area contributed by atoms with Crippen molar-refractivity contribution in [2.45, 2.75) is 347 Å². The molecule has 0 saturated heterocycles. The minimum atomic E-state index is -1.51. The van der Waals surface area contributed by atoms with E-state index >= 15 is 0 Å². The van der Waals surface area contributed by atoms with Crippen molar-refractivity contribution in [3.05, 3.63) is 72.9 Å². The third kappa shape index (κ3) is 68.1. The first-order chi connectivity index (χ1) is 41.6. The summed E-state index contributed by atoms with van der Waals surface area (Å²) in [5.74, 6) is -1.98. The Kier molecular flexibility index (Phi) is 64.1. The maximum absolute atomic E-state index is 13.0. The minimum Gasteiger partial charge on any atom is -0.477 e. The molecule has 0 radical (unpaired) electrons. The second-order valence-corrected chi connectivity index (χ2v) is 25.5. The fourth-order valence-corrected chi connectivity index (χ4v) is 10.5. The molecule has 0 saturated carbocycles. The van der Waals surface area contributed by atoms with Crippen molar-refractivity contribution in [2.24, 2.45) is 0 Å². The molecule has 1 N–H and O–H groups in total. The lowest BCUT2D eigenvalue weighted by molar-refractivity contribution is -0.870. The Bertz CT molecular complexity index is 1620. The Balaban J connectivity index is 4.03. The number of esters is 2. The smallest absolute Gasteiger partial charge is 0.361 e. The third-order valence-corrected chi connectivity index (χ3v) is 15.9. The molecule has 0 bridgehead atoms. The molecule has 0 aromatic heterocycles. The zero-order chi connectivity index (χ0) is 61.9. The predicted octanol–water partition coefficient (Wildman–Crippen LogP) is 22.5. The quantitative estimate of drug-likeness (QED) is 0.0211. The molecular formula is C76H138NO8+. The van der Waals surface area contributed by atoms with Gasteiger partial charge in [0.15, 0.2) is 6.10 Å². The summed E-state index contributed by atoms with van der Waals surface area (Å²) in [6, 6.07) is 0. The van der Waals surface area contributed by atoms with Gasteiger partial charge in [0.2, 0.25) is 0 Å². The average Bonchev–Trinajstić information content (AvgIpc) is 3.48. The summed E-state index contributed by atoms with van der Waals surface area (Å²) in [6.07, 6.45) is 86.0. The fraction of sp³-hybridized carbons (Fsp3) is 0.803. The van der Waals surface area contributed by atoms with Gasteiger partial charge in [-0.2, -0.15) is 0 Å². The highest BCUT2D eigenvalue weighted by atomic mass is 16.7. The van der Waals surface area contributed by atoms with Gasteiger partial charge in [-0.1, -0.05) is 311 Å². The van der Waals surface area contributed by atoms with Gasteiger partial charge in [0, 0.05) is 12.8 Å². The molecule has 0 rings (SSSR count). The lowest BCUT2D eigenvalue weighted by Gasteiger charge is -2.25. The Morgan fingerprint density at radius 1 is 0.365 bits per heavy atom. The van der Waals surface area contributed by atoms with Crippen LogP contribution >= 0.6 is 0 Å². The molecule has 9 nitrogen and oxygen atoms in total. The number of carbonyl (C=O) groups is 3. The van der Waals surface area contributed by atoms with Crippen LogP contribution in [0.1, 0.15) is 335 Å². The first-order valence-corrected chi connectivity index (χ1v) is 36.1. The molecule has 0 aromatic rings. The van der Waals surface area contributed by atoms with Crippen molar-refractivity contribution in [3.63, 3.8) is 0 Å². The molecule has 494 valence electrons. The van der Waals surface area contributed by atoms with Crippen LogP contribution in [0.5, 0.6) is 0 Å². The Morgan fingerprint density at radius 2 is 0.671 bits per heavy atom. The molecule has 2 unspecified atom stereocenters. The number of hydrogen-bond donors (Lipinski definition) is 1. The highest BCUT2D eigenvalue weighted by Crippen LogP contribution is 2.18. The normalized spacial score (nSPS) is 13.1. The molecule has 0 aliphatic carbocycles. The largest absolute Gasteiger partial charge is 0.477 e. The summed E-state index contributed by atoms with van der Waals surface area (Å²) in [5.41, 5.74) is 0. The number of allylic oxidation sites excluding steroid dienone is 12. The van der Waals surface area contributed by atoms with Crippen LogP contribution in [0.25, 0.3) is 0 Å². The fourth-order valence-electron chi connectivity index (χ4n) is 10.5. The highest BCUT2D eigenvalue weighted by Gasteiger charge is 2.25. The van der Waals surface area contributed by atoms with Gasteiger partial charge in [0.05, 0.1) is 34.4 Å². The molecule has 0 aliphatic rings. The first-order valence-electron chi connectivity index (χ1n) is 36.1. The molecule has 0 fully saturated rings. The van der Waals surface area contributed by atoms with E-state index in [0.29, 0.717) is 17.4 Å². The molecule has 0 aromatic carbocycles. The Hall–Kier alpha value is -3.27. The maximum atomic E-state index is 13.0. The van der Waals surface area contributed by atoms with Gasteiger partial charge in [-0.05, 0) is 83.5 Å². The second-order valence-electron chi connectivity index (χ2n) is 25.5. The van der Waals surface area contributed by atoms with Crippen molar-refractivity contribution in [1.82, 2.24) is 0 Å². The number of rotatable bonds is 67. The molecule has 9 heteroatoms. The van der Waals surface area contributed by atoms with Gasteiger partial charge in [-0.25, -0.2) is 4.79 Å². The number of carbonyl (C=O) groups excluding carboxylic acids is 2. The number of nitrogens with zero attached hydrogens (tertiary/aromatic N) is 1. The summed E-state index contributed by atoms with van der Waals surface area (Å²) in [5, 5.41) is 9.75. The van der Waals surface area contributed by atoms with Gasteiger partial charge in [0.25, 0.3) is 6.29 Å². The van der Waals surface area contributed by atoms with E-state index in [2.05, 4.69) is 86.8 Å². The summed E-state index contributed by atoms with van der Waals surface area (Å²) in [7, 11) is 5.99. The van der Waals surface area contributed by atoms with Crippen molar-refractivity contribution in [2.75, 3.05) is 47.5 Å². The molecule has 0 spiro atoms. The van der Waals surface area contributed by atoms with Crippen molar-refractivity contribution < 1.29 is 42.9 Å². The molecular weight excluding hydrogens is 1050 g/mol. The zero-order valence-electron chi connectivity index (χ0n) is 56.5. The van der Waals surface area contributed by atoms with E-state index in [4.69, 9.17) is 18.9 Å². The average molecular weight is 1190 g/mol. The van der Waals surface area contributed by atoms with E-state index in [1.54, 1.807) is 0 Å². The zero-order valence-corrected chi connectivity index (χ0v) is 56.5. The predicted molar refractivity (Wildman–Crippen MR) is 364 cm³/mol. The van der Waals surface area contributed by atoms with Crippen LogP contribution in [0.15, 0.2) is 72.9 Å². The van der Waals surface area contributed by atoms with Crippen LogP contribution in [0.2, 0.25) is 0 Å². The first kappa shape index (κ1) is 81.7. The van der Waals surface area contributed by atoms with E-state index in [1.165, 1.54) is 238 Å². The van der Waals surface area contributed by atoms with Crippen molar-refractivity contribution in [1.29, 1.82) is 0 Å².